The number of rotatable bonds is 6. The van der Waals surface area contributed by atoms with Crippen LogP contribution in [0, 0.1) is 17.8 Å². The molecular weight excluding hydrogens is 295 g/mol. The summed E-state index contributed by atoms with van der Waals surface area (Å²) in [6.45, 7) is 13.0. The predicted octanol–water partition coefficient (Wildman–Crippen LogP) is 5.12. The van der Waals surface area contributed by atoms with Crippen LogP contribution < -0.4 is 0 Å². The summed E-state index contributed by atoms with van der Waals surface area (Å²) in [5.41, 5.74) is -0.0443. The van der Waals surface area contributed by atoms with Crippen LogP contribution in [0.1, 0.15) is 57.5 Å². The Balaban J connectivity index is 0.00000211. The standard InChI is InChI=1S/C16H21O3P.C2H6/c1-11-6-8-12(9-7-11)14(18)16(4,5)15(2,3)13(17)10-20-19;1-2/h6-9H,10H2,1-5H3;1-2H3. The van der Waals surface area contributed by atoms with E-state index in [4.69, 9.17) is 0 Å². The molecule has 0 saturated carbocycles. The number of ketones is 2. The summed E-state index contributed by atoms with van der Waals surface area (Å²) < 4.78 is 10.7. The van der Waals surface area contributed by atoms with Crippen molar-refractivity contribution in [3.63, 3.8) is 0 Å². The van der Waals surface area contributed by atoms with E-state index in [0.29, 0.717) is 5.56 Å². The molecule has 0 radical (unpaired) electrons. The van der Waals surface area contributed by atoms with Crippen LogP contribution >= 0.6 is 8.46 Å². The van der Waals surface area contributed by atoms with E-state index >= 15 is 0 Å². The largest absolute Gasteiger partial charge is 0.298 e. The number of aryl methyl sites for hydroxylation is 1. The van der Waals surface area contributed by atoms with Crippen molar-refractivity contribution >= 4 is 20.0 Å². The highest BCUT2D eigenvalue weighted by Gasteiger charge is 2.47. The van der Waals surface area contributed by atoms with E-state index in [0.717, 1.165) is 5.56 Å². The second kappa shape index (κ2) is 8.33. The highest BCUT2D eigenvalue weighted by atomic mass is 31.1. The van der Waals surface area contributed by atoms with Crippen molar-refractivity contribution < 1.29 is 14.2 Å². The van der Waals surface area contributed by atoms with Crippen LogP contribution in [-0.2, 0) is 9.36 Å². The molecule has 0 aromatic heterocycles. The van der Waals surface area contributed by atoms with Crippen molar-refractivity contribution in [1.29, 1.82) is 0 Å². The van der Waals surface area contributed by atoms with E-state index in [1.54, 1.807) is 39.8 Å². The molecule has 1 aromatic rings. The van der Waals surface area contributed by atoms with Crippen LogP contribution in [-0.4, -0.2) is 17.7 Å². The lowest BCUT2D eigenvalue weighted by Gasteiger charge is -2.38. The minimum Gasteiger partial charge on any atom is -0.298 e. The van der Waals surface area contributed by atoms with Crippen molar-refractivity contribution in [3.8, 4) is 0 Å². The molecule has 0 aliphatic carbocycles. The first kappa shape index (κ1) is 20.7. The first-order chi connectivity index (χ1) is 10.1. The van der Waals surface area contributed by atoms with Gasteiger partial charge in [-0.3, -0.25) is 14.2 Å². The maximum atomic E-state index is 12.7. The Kier molecular flexibility index (Phi) is 7.83. The highest BCUT2D eigenvalue weighted by Crippen LogP contribution is 2.42. The quantitative estimate of drug-likeness (QED) is 0.539. The van der Waals surface area contributed by atoms with Gasteiger partial charge in [-0.05, 0) is 6.92 Å². The summed E-state index contributed by atoms with van der Waals surface area (Å²) in [5.74, 6) is -0.238. The van der Waals surface area contributed by atoms with Gasteiger partial charge in [0.2, 0.25) is 0 Å². The van der Waals surface area contributed by atoms with Gasteiger partial charge in [0.25, 0.3) is 0 Å². The normalized spacial score (nSPS) is 11.6. The lowest BCUT2D eigenvalue weighted by molar-refractivity contribution is -0.128. The Morgan fingerprint density at radius 3 is 1.82 bits per heavy atom. The topological polar surface area (TPSA) is 51.2 Å². The van der Waals surface area contributed by atoms with Crippen LogP contribution in [0.3, 0.4) is 0 Å². The molecule has 0 amide bonds. The first-order valence-electron chi connectivity index (χ1n) is 7.58. The number of benzene rings is 1. The number of hydrogen-bond acceptors (Lipinski definition) is 3. The van der Waals surface area contributed by atoms with E-state index in [2.05, 4.69) is 0 Å². The monoisotopic (exact) mass is 322 g/mol. The van der Waals surface area contributed by atoms with Crippen LogP contribution in [0.2, 0.25) is 0 Å². The maximum absolute atomic E-state index is 12.7. The molecule has 1 rings (SSSR count). The molecule has 4 heteroatoms. The Labute approximate surface area is 135 Å². The fourth-order valence-corrected chi connectivity index (χ4v) is 2.47. The van der Waals surface area contributed by atoms with E-state index in [9.17, 15) is 14.2 Å². The molecule has 0 fully saturated rings. The third-order valence-electron chi connectivity index (χ3n) is 4.35. The van der Waals surface area contributed by atoms with E-state index < -0.39 is 10.8 Å². The lowest BCUT2D eigenvalue weighted by atomic mass is 9.62. The van der Waals surface area contributed by atoms with E-state index in [-0.39, 0.29) is 26.2 Å². The smallest absolute Gasteiger partial charge is 0.169 e. The zero-order valence-corrected chi connectivity index (χ0v) is 15.6. The van der Waals surface area contributed by atoms with Crippen molar-refractivity contribution in [1.82, 2.24) is 0 Å². The van der Waals surface area contributed by atoms with Gasteiger partial charge >= 0.3 is 0 Å². The van der Waals surface area contributed by atoms with Gasteiger partial charge in [-0.1, -0.05) is 71.4 Å². The molecule has 22 heavy (non-hydrogen) atoms. The zero-order valence-electron chi connectivity index (χ0n) is 14.7. The van der Waals surface area contributed by atoms with Crippen molar-refractivity contribution in [2.45, 2.75) is 48.5 Å². The first-order valence-corrected chi connectivity index (χ1v) is 8.58. The minimum atomic E-state index is -0.869. The summed E-state index contributed by atoms with van der Waals surface area (Å²) in [6.07, 6.45) is -0.0579. The van der Waals surface area contributed by atoms with Crippen molar-refractivity contribution in [2.75, 3.05) is 6.16 Å². The van der Waals surface area contributed by atoms with Gasteiger partial charge in [0.15, 0.2) is 20.0 Å². The fraction of sp³-hybridized carbons (Fsp3) is 0.556. The molecular formula is C18H27O3P. The van der Waals surface area contributed by atoms with Crippen LogP contribution in [0.4, 0.5) is 0 Å². The summed E-state index contributed by atoms with van der Waals surface area (Å²) in [5, 5.41) is 0. The maximum Gasteiger partial charge on any atom is 0.169 e. The van der Waals surface area contributed by atoms with Crippen LogP contribution in [0.5, 0.6) is 0 Å². The van der Waals surface area contributed by atoms with Gasteiger partial charge in [-0.25, -0.2) is 0 Å². The van der Waals surface area contributed by atoms with Crippen LogP contribution in [0.25, 0.3) is 0 Å². The second-order valence-electron chi connectivity index (χ2n) is 6.16. The number of carbonyl (C=O) groups excluding carboxylic acids is 2. The van der Waals surface area contributed by atoms with Gasteiger partial charge in [0.1, 0.15) is 0 Å². The molecule has 0 atom stereocenters. The molecule has 0 N–H and O–H groups in total. The van der Waals surface area contributed by atoms with Gasteiger partial charge in [0, 0.05) is 16.4 Å². The summed E-state index contributed by atoms with van der Waals surface area (Å²) in [4.78, 5) is 24.8. The average Bonchev–Trinajstić information content (AvgIpc) is 2.49. The van der Waals surface area contributed by atoms with E-state index in [1.807, 2.05) is 32.9 Å². The molecule has 0 saturated heterocycles. The molecule has 0 aliphatic rings. The number of hydrogen-bond donors (Lipinski definition) is 0. The SMILES string of the molecule is CC.Cc1ccc(C(=O)C(C)(C)C(C)(C)C(=O)CP=O)cc1. The molecule has 122 valence electrons. The van der Waals surface area contributed by atoms with Crippen molar-refractivity contribution in [3.05, 3.63) is 35.4 Å². The Bertz CT molecular complexity index is 528. The molecule has 0 bridgehead atoms. The predicted molar refractivity (Wildman–Crippen MR) is 91.9 cm³/mol. The Morgan fingerprint density at radius 1 is 0.955 bits per heavy atom. The van der Waals surface area contributed by atoms with E-state index in [1.165, 1.54) is 0 Å². The average molecular weight is 322 g/mol. The zero-order chi connectivity index (χ0) is 17.6. The Morgan fingerprint density at radius 2 is 1.41 bits per heavy atom. The molecule has 1 aromatic carbocycles. The molecule has 0 unspecified atom stereocenters. The van der Waals surface area contributed by atoms with Gasteiger partial charge in [-0.2, -0.15) is 0 Å². The van der Waals surface area contributed by atoms with Gasteiger partial charge < -0.3 is 0 Å². The molecule has 0 heterocycles. The fourth-order valence-electron chi connectivity index (χ4n) is 1.95. The molecule has 0 spiro atoms. The lowest BCUT2D eigenvalue weighted by Crippen LogP contribution is -2.45. The minimum absolute atomic E-state index is 0.0579. The van der Waals surface area contributed by atoms with Crippen LogP contribution in [0.15, 0.2) is 24.3 Å². The molecule has 3 nitrogen and oxygen atoms in total. The van der Waals surface area contributed by atoms with Gasteiger partial charge in [-0.15, -0.1) is 0 Å². The number of carbonyl (C=O) groups is 2. The van der Waals surface area contributed by atoms with Crippen molar-refractivity contribution in [2.24, 2.45) is 10.8 Å². The van der Waals surface area contributed by atoms with Gasteiger partial charge in [0.05, 0.1) is 6.16 Å². The summed E-state index contributed by atoms with van der Waals surface area (Å²) in [7, 11) is -0.205. The third kappa shape index (κ3) is 4.33. The highest BCUT2D eigenvalue weighted by molar-refractivity contribution is 7.25. The third-order valence-corrected chi connectivity index (χ3v) is 4.77. The Hall–Kier alpha value is -1.34. The summed E-state index contributed by atoms with van der Waals surface area (Å²) in [6, 6.07) is 7.33. The second-order valence-corrected chi connectivity index (χ2v) is 6.73. The number of Topliss-reactive ketones (excluding diaryl/α,β-unsaturated/α-hetero) is 2. The molecule has 0 aliphatic heterocycles. The summed E-state index contributed by atoms with van der Waals surface area (Å²) >= 11 is 0.